The minimum Gasteiger partial charge on any atom is -0.347 e. The van der Waals surface area contributed by atoms with E-state index in [1.807, 2.05) is 25.3 Å². The summed E-state index contributed by atoms with van der Waals surface area (Å²) in [7, 11) is -1.43. The topological polar surface area (TPSA) is 59.4 Å². The molecule has 2 aromatic carbocycles. The summed E-state index contributed by atoms with van der Waals surface area (Å²) < 4.78 is 25.3. The van der Waals surface area contributed by atoms with Crippen molar-refractivity contribution in [3.8, 4) is 0 Å². The zero-order valence-electron chi connectivity index (χ0n) is 15.8. The van der Waals surface area contributed by atoms with E-state index in [9.17, 15) is 13.2 Å². The number of amides is 1. The van der Waals surface area contributed by atoms with Gasteiger partial charge in [-0.2, -0.15) is 0 Å². The molecule has 0 bridgehead atoms. The van der Waals surface area contributed by atoms with Gasteiger partial charge in [0.2, 0.25) is 5.91 Å². The maximum Gasteiger partial charge on any atom is 0.224 e. The summed E-state index contributed by atoms with van der Waals surface area (Å²) in [5.41, 5.74) is 2.03. The van der Waals surface area contributed by atoms with Gasteiger partial charge in [0.1, 0.15) is 0 Å². The Morgan fingerprint density at radius 3 is 2.41 bits per heavy atom. The van der Waals surface area contributed by atoms with Crippen molar-refractivity contribution in [1.82, 2.24) is 9.47 Å². The van der Waals surface area contributed by atoms with E-state index in [0.29, 0.717) is 13.0 Å². The van der Waals surface area contributed by atoms with E-state index in [2.05, 4.69) is 22.8 Å². The molecule has 3 aromatic rings. The van der Waals surface area contributed by atoms with Gasteiger partial charge < -0.3 is 9.47 Å². The zero-order valence-corrected chi connectivity index (χ0v) is 16.6. The number of aryl methyl sites for hydroxylation is 1. The van der Waals surface area contributed by atoms with Crippen molar-refractivity contribution in [1.29, 1.82) is 0 Å². The molecule has 1 heterocycles. The molecule has 0 saturated heterocycles. The Morgan fingerprint density at radius 1 is 1.07 bits per heavy atom. The lowest BCUT2D eigenvalue weighted by Crippen LogP contribution is -2.30. The van der Waals surface area contributed by atoms with Crippen molar-refractivity contribution in [2.24, 2.45) is 0 Å². The number of aromatic nitrogens is 1. The van der Waals surface area contributed by atoms with Crippen molar-refractivity contribution < 1.29 is 13.2 Å². The molecule has 0 N–H and O–H groups in total. The number of nitrogens with zero attached hydrogens (tertiary/aromatic N) is 2. The third-order valence-corrected chi connectivity index (χ3v) is 6.14. The van der Waals surface area contributed by atoms with Crippen LogP contribution in [0.3, 0.4) is 0 Å². The second-order valence-electron chi connectivity index (χ2n) is 6.84. The van der Waals surface area contributed by atoms with Crippen LogP contribution in [0, 0.1) is 0 Å². The third-order valence-electron chi connectivity index (χ3n) is 5.01. The fourth-order valence-electron chi connectivity index (χ4n) is 3.16. The Labute approximate surface area is 160 Å². The molecule has 0 fully saturated rings. The van der Waals surface area contributed by atoms with Crippen LogP contribution in [0.25, 0.3) is 10.9 Å². The number of hydrogen-bond acceptors (Lipinski definition) is 3. The lowest BCUT2D eigenvalue weighted by molar-refractivity contribution is -0.132. The Balaban J connectivity index is 1.66. The Kier molecular flexibility index (Phi) is 5.37. The molecule has 0 radical (unpaired) electrons. The smallest absolute Gasteiger partial charge is 0.224 e. The maximum atomic E-state index is 12.6. The average molecular weight is 385 g/mol. The highest BCUT2D eigenvalue weighted by molar-refractivity contribution is 7.90. The van der Waals surface area contributed by atoms with Crippen molar-refractivity contribution in [2.45, 2.75) is 30.8 Å². The van der Waals surface area contributed by atoms with Crippen LogP contribution in [0.5, 0.6) is 0 Å². The number of fused-ring (bicyclic) bond motifs is 1. The highest BCUT2D eigenvalue weighted by Crippen LogP contribution is 2.22. The van der Waals surface area contributed by atoms with E-state index in [1.54, 1.807) is 36.2 Å². The summed E-state index contributed by atoms with van der Waals surface area (Å²) in [5.74, 6) is 0.0486. The van der Waals surface area contributed by atoms with Gasteiger partial charge in [-0.25, -0.2) is 8.42 Å². The molecule has 6 heteroatoms. The Bertz CT molecular complexity index is 1050. The first-order valence-corrected chi connectivity index (χ1v) is 10.8. The van der Waals surface area contributed by atoms with Gasteiger partial charge in [-0.3, -0.25) is 4.79 Å². The standard InChI is InChI=1S/C21H24N2O3S/c1-16(17-8-10-19(11-9-17)27(3,25)26)22(2)21(24)13-15-23-14-12-18-6-4-5-7-20(18)23/h4-12,14,16H,13,15H2,1-3H3. The molecule has 0 saturated carbocycles. The molecule has 0 aliphatic carbocycles. The number of benzene rings is 2. The molecule has 27 heavy (non-hydrogen) atoms. The van der Waals surface area contributed by atoms with Gasteiger partial charge in [0.15, 0.2) is 9.84 Å². The van der Waals surface area contributed by atoms with Gasteiger partial charge in [-0.15, -0.1) is 0 Å². The van der Waals surface area contributed by atoms with E-state index in [-0.39, 0.29) is 16.8 Å². The number of carbonyl (C=O) groups is 1. The van der Waals surface area contributed by atoms with Crippen LogP contribution in [-0.4, -0.2) is 37.1 Å². The number of sulfone groups is 1. The molecule has 5 nitrogen and oxygen atoms in total. The molecule has 3 rings (SSSR count). The highest BCUT2D eigenvalue weighted by atomic mass is 32.2. The van der Waals surface area contributed by atoms with Gasteiger partial charge in [0.05, 0.1) is 10.9 Å². The summed E-state index contributed by atoms with van der Waals surface area (Å²) in [6.07, 6.45) is 3.60. The minimum absolute atomic E-state index is 0.0486. The molecule has 0 aliphatic rings. The number of carbonyl (C=O) groups excluding carboxylic acids is 1. The fraction of sp³-hybridized carbons (Fsp3) is 0.286. The third kappa shape index (κ3) is 4.22. The SMILES string of the molecule is CC(c1ccc(S(C)(=O)=O)cc1)N(C)C(=O)CCn1ccc2ccccc21. The number of para-hydroxylation sites is 1. The van der Waals surface area contributed by atoms with Crippen LogP contribution < -0.4 is 0 Å². The van der Waals surface area contributed by atoms with Gasteiger partial charge in [0.25, 0.3) is 0 Å². The molecule has 1 atom stereocenters. The average Bonchev–Trinajstić information content (AvgIpc) is 3.07. The Morgan fingerprint density at radius 2 is 1.74 bits per heavy atom. The van der Waals surface area contributed by atoms with Crippen LogP contribution >= 0.6 is 0 Å². The quantitative estimate of drug-likeness (QED) is 0.652. The molecular weight excluding hydrogens is 360 g/mol. The lowest BCUT2D eigenvalue weighted by Gasteiger charge is -2.25. The molecule has 0 spiro atoms. The molecule has 1 aromatic heterocycles. The molecule has 142 valence electrons. The molecular formula is C21H24N2O3S. The fourth-order valence-corrected chi connectivity index (χ4v) is 3.79. The lowest BCUT2D eigenvalue weighted by atomic mass is 10.1. The second kappa shape index (κ2) is 7.56. The first kappa shape index (κ1) is 19.2. The zero-order chi connectivity index (χ0) is 19.6. The number of hydrogen-bond donors (Lipinski definition) is 0. The predicted molar refractivity (Wildman–Crippen MR) is 107 cm³/mol. The van der Waals surface area contributed by atoms with E-state index < -0.39 is 9.84 Å². The molecule has 1 amide bonds. The van der Waals surface area contributed by atoms with Gasteiger partial charge >= 0.3 is 0 Å². The van der Waals surface area contributed by atoms with Crippen molar-refractivity contribution in [2.75, 3.05) is 13.3 Å². The van der Waals surface area contributed by atoms with Gasteiger partial charge in [-0.05, 0) is 42.1 Å². The highest BCUT2D eigenvalue weighted by Gasteiger charge is 2.18. The van der Waals surface area contributed by atoms with Crippen LogP contribution in [0.15, 0.2) is 65.7 Å². The van der Waals surface area contributed by atoms with E-state index in [0.717, 1.165) is 16.5 Å². The number of rotatable bonds is 6. The van der Waals surface area contributed by atoms with Crippen LogP contribution in [0.2, 0.25) is 0 Å². The van der Waals surface area contributed by atoms with Crippen LogP contribution in [0.1, 0.15) is 24.9 Å². The van der Waals surface area contributed by atoms with Crippen molar-refractivity contribution in [3.63, 3.8) is 0 Å². The first-order valence-electron chi connectivity index (χ1n) is 8.87. The summed E-state index contributed by atoms with van der Waals surface area (Å²) in [5, 5.41) is 1.16. The molecule has 0 aliphatic heterocycles. The molecule has 1 unspecified atom stereocenters. The minimum atomic E-state index is -3.22. The van der Waals surface area contributed by atoms with E-state index in [4.69, 9.17) is 0 Å². The van der Waals surface area contributed by atoms with Crippen LogP contribution in [0.4, 0.5) is 0 Å². The van der Waals surface area contributed by atoms with E-state index in [1.165, 1.54) is 6.26 Å². The van der Waals surface area contributed by atoms with Crippen molar-refractivity contribution >= 4 is 26.6 Å². The van der Waals surface area contributed by atoms with Crippen LogP contribution in [-0.2, 0) is 21.2 Å². The Hall–Kier alpha value is -2.60. The van der Waals surface area contributed by atoms with Gasteiger partial charge in [-0.1, -0.05) is 30.3 Å². The largest absolute Gasteiger partial charge is 0.347 e. The summed E-state index contributed by atoms with van der Waals surface area (Å²) in [6.45, 7) is 2.56. The summed E-state index contributed by atoms with van der Waals surface area (Å²) in [6, 6.07) is 16.7. The maximum absolute atomic E-state index is 12.6. The first-order chi connectivity index (χ1) is 12.8. The second-order valence-corrected chi connectivity index (χ2v) is 8.86. The predicted octanol–water partition coefficient (Wildman–Crippen LogP) is 3.65. The summed E-state index contributed by atoms with van der Waals surface area (Å²) in [4.78, 5) is 14.6. The van der Waals surface area contributed by atoms with E-state index >= 15 is 0 Å². The van der Waals surface area contributed by atoms with Crippen molar-refractivity contribution in [3.05, 3.63) is 66.4 Å². The normalized spacial score (nSPS) is 12.9. The summed E-state index contributed by atoms with van der Waals surface area (Å²) >= 11 is 0. The monoisotopic (exact) mass is 384 g/mol. The van der Waals surface area contributed by atoms with Gasteiger partial charge in [0, 0.05) is 38.0 Å².